The fourth-order valence-corrected chi connectivity index (χ4v) is 4.28. The number of alkyl halides is 10. The van der Waals surface area contributed by atoms with Crippen LogP contribution in [0.3, 0.4) is 0 Å². The molecule has 2 aromatic rings. The second-order valence-corrected chi connectivity index (χ2v) is 9.49. The molecule has 0 atom stereocenters. The summed E-state index contributed by atoms with van der Waals surface area (Å²) in [6, 6.07) is 2.21. The molecule has 0 saturated heterocycles. The van der Waals surface area contributed by atoms with Crippen LogP contribution >= 0.6 is 22.6 Å². The molecule has 0 heterocycles. The molecule has 0 bridgehead atoms. The number of hydrogen-bond acceptors (Lipinski definition) is 2. The molecule has 0 aliphatic heterocycles. The number of halogens is 12. The molecule has 2 aromatic carbocycles. The molecule has 3 rings (SSSR count). The third kappa shape index (κ3) is 5.68. The summed E-state index contributed by atoms with van der Waals surface area (Å²) in [7, 11) is 0. The molecule has 0 spiro atoms. The number of benzene rings is 2. The molecule has 1 aliphatic rings. The van der Waals surface area contributed by atoms with E-state index >= 15 is 4.39 Å². The quantitative estimate of drug-likeness (QED) is 0.190. The zero-order chi connectivity index (χ0) is 28.8. The standard InChI is InChI=1S/C22H14F11IN2O2/c23-16-12(2-1-3-15(16)36(9-37)8-10-4-5-10)18(38)35-17-13(20(25,26)27)6-11(7-14(17)34)19(24,21(28,29)30)22(31,32)33/h1-3,6-7,9-10H,4-5,8H2,(H,35,38). The predicted molar refractivity (Wildman–Crippen MR) is 120 cm³/mol. The molecule has 0 radical (unpaired) electrons. The van der Waals surface area contributed by atoms with Crippen LogP contribution in [0.25, 0.3) is 0 Å². The van der Waals surface area contributed by atoms with Crippen molar-refractivity contribution in [2.45, 2.75) is 37.0 Å². The SMILES string of the molecule is O=CN(CC1CC1)c1cccc(C(=O)Nc2c(I)cc(C(F)(C(F)(F)F)C(F)(F)F)cc2C(F)(F)F)c1F. The number of hydrogen-bond donors (Lipinski definition) is 1. The van der Waals surface area contributed by atoms with E-state index in [9.17, 15) is 53.5 Å². The maximum Gasteiger partial charge on any atom is 0.435 e. The fourth-order valence-electron chi connectivity index (χ4n) is 3.52. The largest absolute Gasteiger partial charge is 0.435 e. The van der Waals surface area contributed by atoms with Gasteiger partial charge in [0.05, 0.1) is 22.5 Å². The van der Waals surface area contributed by atoms with Crippen molar-refractivity contribution in [2.75, 3.05) is 16.8 Å². The van der Waals surface area contributed by atoms with Crippen molar-refractivity contribution in [3.8, 4) is 0 Å². The first-order chi connectivity index (χ1) is 17.3. The Labute approximate surface area is 220 Å². The zero-order valence-electron chi connectivity index (χ0n) is 18.5. The molecule has 38 heavy (non-hydrogen) atoms. The Morgan fingerprint density at radius 1 is 1.00 bits per heavy atom. The lowest BCUT2D eigenvalue weighted by Gasteiger charge is -2.31. The lowest BCUT2D eigenvalue weighted by molar-refractivity contribution is -0.348. The van der Waals surface area contributed by atoms with Gasteiger partial charge in [-0.2, -0.15) is 39.5 Å². The van der Waals surface area contributed by atoms with E-state index in [-0.39, 0.29) is 30.6 Å². The molecule has 208 valence electrons. The van der Waals surface area contributed by atoms with Crippen LogP contribution in [0, 0.1) is 15.3 Å². The van der Waals surface area contributed by atoms with E-state index in [1.165, 1.54) is 0 Å². The lowest BCUT2D eigenvalue weighted by atomic mass is 9.92. The number of nitrogens with zero attached hydrogens (tertiary/aromatic N) is 1. The van der Waals surface area contributed by atoms with Crippen LogP contribution in [0.5, 0.6) is 0 Å². The molecular formula is C22H14F11IN2O2. The van der Waals surface area contributed by atoms with Crippen LogP contribution in [-0.2, 0) is 16.6 Å². The Balaban J connectivity index is 2.09. The predicted octanol–water partition coefficient (Wildman–Crippen LogP) is 7.36. The lowest BCUT2D eigenvalue weighted by Crippen LogP contribution is -2.50. The highest BCUT2D eigenvalue weighted by Gasteiger charge is 2.73. The summed E-state index contributed by atoms with van der Waals surface area (Å²) in [5, 5.41) is 1.64. The van der Waals surface area contributed by atoms with Crippen molar-refractivity contribution < 1.29 is 57.9 Å². The summed E-state index contributed by atoms with van der Waals surface area (Å²) in [6.07, 6.45) is -17.2. The minimum Gasteiger partial charge on any atom is -0.320 e. The molecule has 1 aliphatic carbocycles. The van der Waals surface area contributed by atoms with E-state index in [0.29, 0.717) is 0 Å². The highest BCUT2D eigenvalue weighted by Crippen LogP contribution is 2.54. The summed E-state index contributed by atoms with van der Waals surface area (Å²) in [5.41, 5.74) is -13.4. The van der Waals surface area contributed by atoms with Gasteiger partial charge in [-0.25, -0.2) is 8.78 Å². The maximum atomic E-state index is 15.1. The van der Waals surface area contributed by atoms with Gasteiger partial charge < -0.3 is 10.2 Å². The summed E-state index contributed by atoms with van der Waals surface area (Å²) < 4.78 is 148. The smallest absolute Gasteiger partial charge is 0.320 e. The van der Waals surface area contributed by atoms with Gasteiger partial charge in [-0.1, -0.05) is 6.07 Å². The second kappa shape index (κ2) is 10.1. The monoisotopic (exact) mass is 674 g/mol. The number of rotatable bonds is 7. The normalized spacial score (nSPS) is 14.8. The number of carbonyl (C=O) groups excluding carboxylic acids is 2. The number of anilines is 2. The maximum absolute atomic E-state index is 15.1. The molecule has 0 aromatic heterocycles. The summed E-state index contributed by atoms with van der Waals surface area (Å²) in [4.78, 5) is 25.0. The van der Waals surface area contributed by atoms with E-state index in [0.717, 1.165) is 58.5 Å². The van der Waals surface area contributed by atoms with Gasteiger partial charge in [0.25, 0.3) is 5.91 Å². The third-order valence-corrected chi connectivity index (χ3v) is 6.48. The number of amides is 2. The zero-order valence-corrected chi connectivity index (χ0v) is 20.6. The first-order valence-corrected chi connectivity index (χ1v) is 11.5. The van der Waals surface area contributed by atoms with E-state index in [2.05, 4.69) is 0 Å². The molecule has 4 nitrogen and oxygen atoms in total. The topological polar surface area (TPSA) is 49.4 Å². The Kier molecular flexibility index (Phi) is 7.98. The molecule has 2 amide bonds. The van der Waals surface area contributed by atoms with Crippen LogP contribution in [0.2, 0.25) is 0 Å². The second-order valence-electron chi connectivity index (χ2n) is 8.33. The van der Waals surface area contributed by atoms with Crippen LogP contribution in [0.1, 0.15) is 34.3 Å². The van der Waals surface area contributed by atoms with Gasteiger partial charge in [0.2, 0.25) is 6.41 Å². The van der Waals surface area contributed by atoms with E-state index in [1.54, 1.807) is 5.32 Å². The highest BCUT2D eigenvalue weighted by atomic mass is 127. The number of carbonyl (C=O) groups is 2. The molecule has 1 N–H and O–H groups in total. The summed E-state index contributed by atoms with van der Waals surface area (Å²) in [6.45, 7) is 0.104. The van der Waals surface area contributed by atoms with Gasteiger partial charge in [0.1, 0.15) is 0 Å². The van der Waals surface area contributed by atoms with Gasteiger partial charge in [-0.3, -0.25) is 9.59 Å². The fraction of sp³-hybridized carbons (Fsp3) is 0.364. The van der Waals surface area contributed by atoms with Crippen LogP contribution in [-0.4, -0.2) is 31.2 Å². The van der Waals surface area contributed by atoms with Gasteiger partial charge in [-0.05, 0) is 65.6 Å². The van der Waals surface area contributed by atoms with E-state index in [4.69, 9.17) is 0 Å². The van der Waals surface area contributed by atoms with Crippen molar-refractivity contribution in [2.24, 2.45) is 5.92 Å². The summed E-state index contributed by atoms with van der Waals surface area (Å²) in [5.74, 6) is -2.78. The van der Waals surface area contributed by atoms with Gasteiger partial charge >= 0.3 is 24.2 Å². The Bertz CT molecular complexity index is 1220. The molecule has 0 unspecified atom stereocenters. The van der Waals surface area contributed by atoms with Gasteiger partial charge in [0.15, 0.2) is 5.82 Å². The molecule has 1 saturated carbocycles. The van der Waals surface area contributed by atoms with Crippen molar-refractivity contribution in [3.05, 3.63) is 56.4 Å². The van der Waals surface area contributed by atoms with Gasteiger partial charge in [-0.15, -0.1) is 0 Å². The summed E-state index contributed by atoms with van der Waals surface area (Å²) >= 11 is 0.888. The van der Waals surface area contributed by atoms with Gasteiger partial charge in [0, 0.05) is 15.7 Å². The van der Waals surface area contributed by atoms with Crippen molar-refractivity contribution >= 4 is 46.3 Å². The minimum absolute atomic E-state index is 0.0857. The van der Waals surface area contributed by atoms with Crippen LogP contribution in [0.15, 0.2) is 30.3 Å². The molecular weight excluding hydrogens is 660 g/mol. The van der Waals surface area contributed by atoms with Crippen LogP contribution < -0.4 is 10.2 Å². The van der Waals surface area contributed by atoms with Crippen molar-refractivity contribution in [1.29, 1.82) is 0 Å². The van der Waals surface area contributed by atoms with E-state index in [1.807, 2.05) is 0 Å². The Morgan fingerprint density at radius 2 is 1.58 bits per heavy atom. The first kappa shape index (κ1) is 29.9. The average Bonchev–Trinajstić information content (AvgIpc) is 3.60. The molecule has 1 fully saturated rings. The Morgan fingerprint density at radius 3 is 2.05 bits per heavy atom. The van der Waals surface area contributed by atoms with Crippen LogP contribution in [0.4, 0.5) is 59.7 Å². The van der Waals surface area contributed by atoms with Crippen molar-refractivity contribution in [1.82, 2.24) is 0 Å². The highest BCUT2D eigenvalue weighted by molar-refractivity contribution is 14.1. The van der Waals surface area contributed by atoms with Crippen molar-refractivity contribution in [3.63, 3.8) is 0 Å². The molecule has 16 heteroatoms. The first-order valence-electron chi connectivity index (χ1n) is 10.4. The average molecular weight is 674 g/mol. The third-order valence-electron chi connectivity index (χ3n) is 5.62. The number of nitrogens with one attached hydrogen (secondary N) is 1. The van der Waals surface area contributed by atoms with E-state index < -0.39 is 67.9 Å². The minimum atomic E-state index is -6.68. The Hall–Kier alpha value is -2.66.